The molecule has 1 aliphatic rings. The molecule has 0 aliphatic carbocycles. The zero-order chi connectivity index (χ0) is 49.2. The fraction of sp³-hybridized carbons (Fsp3) is 0.440. The number of rotatable bonds is 20. The number of halogens is 6. The zero-order valence-corrected chi connectivity index (χ0v) is 44.2. The van der Waals surface area contributed by atoms with Crippen molar-refractivity contribution in [3.8, 4) is 11.5 Å². The molecule has 4 aromatic carbocycles. The molecule has 0 radical (unpaired) electrons. The number of hydrazine groups is 1. The Hall–Kier alpha value is -3.55. The highest BCUT2D eigenvalue weighted by Crippen LogP contribution is 2.49. The van der Waals surface area contributed by atoms with E-state index in [9.17, 15) is 19.5 Å². The van der Waals surface area contributed by atoms with Gasteiger partial charge < -0.3 is 20.5 Å². The van der Waals surface area contributed by atoms with Gasteiger partial charge in [-0.2, -0.15) is 0 Å². The van der Waals surface area contributed by atoms with Crippen LogP contribution in [0.3, 0.4) is 0 Å². The van der Waals surface area contributed by atoms with E-state index >= 15 is 0 Å². The first kappa shape index (κ1) is 54.4. The molecule has 4 aromatic rings. The third kappa shape index (κ3) is 14.5. The summed E-state index contributed by atoms with van der Waals surface area (Å²) in [7, 11) is 0. The minimum atomic E-state index is -1.09. The number of ether oxygens (including phenoxy) is 1. The van der Waals surface area contributed by atoms with E-state index in [-0.39, 0.29) is 70.3 Å². The number of hydrogen-bond acceptors (Lipinski definition) is 7. The lowest BCUT2D eigenvalue weighted by molar-refractivity contribution is -0.123. The fourth-order valence-corrected chi connectivity index (χ4v) is 9.70. The number of para-hydroxylation sites is 1. The van der Waals surface area contributed by atoms with Gasteiger partial charge in [0.2, 0.25) is 5.91 Å². The molecule has 1 saturated heterocycles. The Morgan fingerprint density at radius 3 is 2.00 bits per heavy atom. The maximum Gasteiger partial charge on any atom is 0.267 e. The quantitative estimate of drug-likeness (QED) is 0.0394. The van der Waals surface area contributed by atoms with Crippen molar-refractivity contribution < 1.29 is 24.2 Å². The summed E-state index contributed by atoms with van der Waals surface area (Å²) in [6.07, 6.45) is 11.0. The molecular formula is C50H59Cl6N5O5S. The number of nitrogens with zero attached hydrogens (tertiary/aromatic N) is 2. The Labute approximate surface area is 429 Å². The monoisotopic (exact) mass is 1050 g/mol. The summed E-state index contributed by atoms with van der Waals surface area (Å²) in [5.74, 6) is -0.449. The van der Waals surface area contributed by atoms with Gasteiger partial charge in [-0.1, -0.05) is 188 Å². The zero-order valence-electron chi connectivity index (χ0n) is 38.9. The molecule has 362 valence electrons. The number of thioether (sulfide) groups is 1. The molecule has 1 heterocycles. The second-order valence-electron chi connectivity index (χ2n) is 18.6. The van der Waals surface area contributed by atoms with Crippen molar-refractivity contribution >= 4 is 128 Å². The molecule has 4 N–H and O–H groups in total. The van der Waals surface area contributed by atoms with Crippen LogP contribution in [0.15, 0.2) is 70.6 Å². The molecule has 2 atom stereocenters. The maximum absolute atomic E-state index is 14.6. The van der Waals surface area contributed by atoms with Crippen molar-refractivity contribution in [3.05, 3.63) is 96.4 Å². The average Bonchev–Trinajstić information content (AvgIpc) is 3.56. The summed E-state index contributed by atoms with van der Waals surface area (Å²) < 4.78 is 6.41. The van der Waals surface area contributed by atoms with Crippen molar-refractivity contribution in [2.75, 3.05) is 15.6 Å². The first-order valence-electron chi connectivity index (χ1n) is 22.5. The number of nitrogens with one attached hydrogen (secondary N) is 3. The van der Waals surface area contributed by atoms with Crippen LogP contribution in [0.5, 0.6) is 11.5 Å². The number of hydrogen-bond donors (Lipinski definition) is 4. The summed E-state index contributed by atoms with van der Waals surface area (Å²) in [6.45, 7) is 13.6. The standard InChI is InChI=1S/C50H59Cl6N5O5S/c1-8-9-10-11-12-13-14-15-16-17-21-36(66-30-24-26-35(62)31(28-30)49(2,3)4)46(63)57-29-23-25-32(51)34(27-29)58-45-44(67-37-22-19-18-20-33(37)59-48(65)50(5,6)7)47(64)61(60-45)43-41(55)39(53)38(52)40(54)42(43)56/h18-20,22-28,36,44,62H,8-17,21H2,1-7H3,(H,57,63)(H,58,60)(H,59,65). The summed E-state index contributed by atoms with van der Waals surface area (Å²) in [4.78, 5) is 47.3. The summed E-state index contributed by atoms with van der Waals surface area (Å²) in [5.41, 5.74) is 3.66. The number of carbonyl (C=O) groups excluding carboxylic acids is 3. The number of anilines is 3. The Bertz CT molecular complexity index is 2430. The third-order valence-electron chi connectivity index (χ3n) is 11.0. The number of amidine groups is 1. The number of amides is 3. The van der Waals surface area contributed by atoms with E-state index in [0.29, 0.717) is 34.0 Å². The number of aromatic hydroxyl groups is 1. The van der Waals surface area contributed by atoms with Crippen LogP contribution in [-0.4, -0.2) is 40.0 Å². The molecule has 67 heavy (non-hydrogen) atoms. The summed E-state index contributed by atoms with van der Waals surface area (Å²) >= 11 is 40.5. The molecule has 5 rings (SSSR count). The molecule has 2 unspecified atom stereocenters. The molecule has 17 heteroatoms. The van der Waals surface area contributed by atoms with E-state index in [0.717, 1.165) is 42.5 Å². The van der Waals surface area contributed by atoms with Gasteiger partial charge >= 0.3 is 0 Å². The van der Waals surface area contributed by atoms with Gasteiger partial charge in [0.15, 0.2) is 6.10 Å². The van der Waals surface area contributed by atoms with Gasteiger partial charge in [0.05, 0.1) is 41.5 Å². The molecule has 10 nitrogen and oxygen atoms in total. The van der Waals surface area contributed by atoms with Crippen molar-refractivity contribution in [3.63, 3.8) is 0 Å². The Balaban J connectivity index is 1.46. The number of phenolic OH excluding ortho intramolecular Hbond substituents is 1. The highest BCUT2D eigenvalue weighted by Gasteiger charge is 2.42. The van der Waals surface area contributed by atoms with Gasteiger partial charge in [0, 0.05) is 21.6 Å². The van der Waals surface area contributed by atoms with E-state index in [4.69, 9.17) is 79.3 Å². The lowest BCUT2D eigenvalue weighted by Gasteiger charge is -2.23. The first-order chi connectivity index (χ1) is 31.6. The van der Waals surface area contributed by atoms with Crippen LogP contribution in [0, 0.1) is 5.41 Å². The summed E-state index contributed by atoms with van der Waals surface area (Å²) in [6, 6.07) is 16.9. The lowest BCUT2D eigenvalue weighted by Crippen LogP contribution is -2.36. The van der Waals surface area contributed by atoms with Gasteiger partial charge in [-0.25, -0.2) is 10.0 Å². The second kappa shape index (κ2) is 24.3. The largest absolute Gasteiger partial charge is 0.508 e. The molecule has 3 amide bonds. The molecule has 0 saturated carbocycles. The number of unbranched alkanes of at least 4 members (excludes halogenated alkanes) is 9. The van der Waals surface area contributed by atoms with Crippen LogP contribution >= 0.6 is 81.4 Å². The van der Waals surface area contributed by atoms with Gasteiger partial charge in [0.25, 0.3) is 11.8 Å². The Morgan fingerprint density at radius 1 is 0.791 bits per heavy atom. The van der Waals surface area contributed by atoms with Crippen molar-refractivity contribution in [2.24, 2.45) is 10.4 Å². The van der Waals surface area contributed by atoms with Gasteiger partial charge in [0.1, 0.15) is 28.3 Å². The molecule has 0 bridgehead atoms. The van der Waals surface area contributed by atoms with E-state index in [1.54, 1.807) is 81.4 Å². The van der Waals surface area contributed by atoms with Crippen molar-refractivity contribution in [2.45, 2.75) is 141 Å². The average molecular weight is 1050 g/mol. The predicted molar refractivity (Wildman–Crippen MR) is 281 cm³/mol. The highest BCUT2D eigenvalue weighted by atomic mass is 35.5. The predicted octanol–water partition coefficient (Wildman–Crippen LogP) is 16.0. The van der Waals surface area contributed by atoms with E-state index in [2.05, 4.69) is 23.0 Å². The van der Waals surface area contributed by atoms with E-state index in [1.165, 1.54) is 38.5 Å². The van der Waals surface area contributed by atoms with Gasteiger partial charge in [-0.3, -0.25) is 19.8 Å². The van der Waals surface area contributed by atoms with Crippen molar-refractivity contribution in [1.29, 1.82) is 0 Å². The number of benzene rings is 4. The number of carbonyl (C=O) groups is 3. The molecule has 0 aromatic heterocycles. The third-order valence-corrected chi connectivity index (χ3v) is 14.9. The van der Waals surface area contributed by atoms with E-state index in [1.807, 2.05) is 20.8 Å². The molecule has 1 aliphatic heterocycles. The molecule has 1 fully saturated rings. The van der Waals surface area contributed by atoms with Crippen LogP contribution < -0.4 is 25.8 Å². The van der Waals surface area contributed by atoms with E-state index < -0.39 is 22.7 Å². The Kier molecular flexibility index (Phi) is 19.8. The summed E-state index contributed by atoms with van der Waals surface area (Å²) in [5, 5.41) is 16.2. The highest BCUT2D eigenvalue weighted by molar-refractivity contribution is 8.01. The number of aliphatic imine (C=N–C) groups is 1. The van der Waals surface area contributed by atoms with Crippen LogP contribution in [0.1, 0.15) is 125 Å². The maximum atomic E-state index is 14.6. The normalized spacial score (nSPS) is 15.2. The molecule has 0 spiro atoms. The van der Waals surface area contributed by atoms with Crippen LogP contribution in [0.2, 0.25) is 30.1 Å². The Morgan fingerprint density at radius 2 is 1.39 bits per heavy atom. The minimum Gasteiger partial charge on any atom is -0.508 e. The molecular weight excluding hydrogens is 995 g/mol. The van der Waals surface area contributed by atoms with Crippen LogP contribution in [0.4, 0.5) is 22.7 Å². The lowest BCUT2D eigenvalue weighted by atomic mass is 9.86. The second-order valence-corrected chi connectivity index (χ2v) is 22.0. The van der Waals surface area contributed by atoms with Crippen LogP contribution in [-0.2, 0) is 19.8 Å². The number of phenols is 1. The minimum absolute atomic E-state index is 0.0540. The fourth-order valence-electron chi connectivity index (χ4n) is 7.16. The topological polar surface area (TPSA) is 132 Å². The van der Waals surface area contributed by atoms with Gasteiger partial charge in [-0.15, -0.1) is 11.8 Å². The first-order valence-corrected chi connectivity index (χ1v) is 25.6. The van der Waals surface area contributed by atoms with Crippen molar-refractivity contribution in [1.82, 2.24) is 5.43 Å². The van der Waals surface area contributed by atoms with Gasteiger partial charge in [-0.05, 0) is 66.8 Å². The smallest absolute Gasteiger partial charge is 0.267 e. The van der Waals surface area contributed by atoms with Crippen LogP contribution in [0.25, 0.3) is 0 Å². The SMILES string of the molecule is CCCCCCCCCCCCC(Oc1ccc(O)c(C(C)(C)C)c1)C(=O)Nc1ccc(Cl)c(N=C2NN(c3c(Cl)c(Cl)c(Cl)c(Cl)c3Cl)C(=O)C2Sc2ccccc2NC(=O)C(C)(C)C)c1.